The molecule has 0 amide bonds. The third-order valence-corrected chi connectivity index (χ3v) is 6.09. The standard InChI is InChI=1S/C27H32ClFO6/c1-6-35-27(32)20(11-10-18(15-30)16(2)3)26(31)21-13-19(23(33-4)14-24(21)34-5)12-17-8-7-9-22(28)25(17)29/h7-9,11,13-14,16,18,30H,6,10,12,15H2,1-5H3/b20-11-/t18-/m1/s1. The lowest BCUT2D eigenvalue weighted by Crippen LogP contribution is -2.19. The second-order valence-electron chi connectivity index (χ2n) is 8.34. The molecule has 0 fully saturated rings. The molecular weight excluding hydrogens is 475 g/mol. The number of ether oxygens (including phenoxy) is 3. The number of halogens is 2. The number of aliphatic hydroxyl groups excluding tert-OH is 1. The number of hydrogen-bond donors (Lipinski definition) is 1. The Morgan fingerprint density at radius 3 is 2.37 bits per heavy atom. The van der Waals surface area contributed by atoms with Gasteiger partial charge in [0.2, 0.25) is 5.78 Å². The van der Waals surface area contributed by atoms with Crippen LogP contribution in [0.3, 0.4) is 0 Å². The molecule has 2 aromatic carbocycles. The molecule has 6 nitrogen and oxygen atoms in total. The number of carbonyl (C=O) groups is 2. The van der Waals surface area contributed by atoms with Crippen LogP contribution in [0, 0.1) is 17.7 Å². The van der Waals surface area contributed by atoms with E-state index in [1.165, 1.54) is 38.5 Å². The monoisotopic (exact) mass is 506 g/mol. The van der Waals surface area contributed by atoms with Crippen LogP contribution in [0.4, 0.5) is 4.39 Å². The second-order valence-corrected chi connectivity index (χ2v) is 8.75. The van der Waals surface area contributed by atoms with Crippen molar-refractivity contribution in [3.63, 3.8) is 0 Å². The SMILES string of the molecule is CCOC(=O)/C(=C\C[C@H](CO)C(C)C)C(=O)c1cc(Cc2cccc(Cl)c2F)c(OC)cc1OC. The Kier molecular flexibility index (Phi) is 10.7. The molecule has 0 spiro atoms. The summed E-state index contributed by atoms with van der Waals surface area (Å²) >= 11 is 5.93. The Labute approximate surface area is 210 Å². The van der Waals surface area contributed by atoms with Crippen LogP contribution in [-0.2, 0) is 16.0 Å². The van der Waals surface area contributed by atoms with E-state index < -0.39 is 17.6 Å². The maximum Gasteiger partial charge on any atom is 0.341 e. The van der Waals surface area contributed by atoms with Crippen molar-refractivity contribution in [2.45, 2.75) is 33.6 Å². The van der Waals surface area contributed by atoms with Crippen LogP contribution in [0.5, 0.6) is 11.5 Å². The first kappa shape index (κ1) is 28.3. The largest absolute Gasteiger partial charge is 0.496 e. The van der Waals surface area contributed by atoms with Gasteiger partial charge < -0.3 is 19.3 Å². The molecule has 0 saturated heterocycles. The number of Topliss-reactive ketones (excluding diaryl/α,β-unsaturated/α-hetero) is 1. The Bertz CT molecular complexity index is 1080. The zero-order valence-corrected chi connectivity index (χ0v) is 21.4. The molecule has 2 rings (SSSR count). The van der Waals surface area contributed by atoms with Gasteiger partial charge in [0.05, 0.1) is 31.4 Å². The van der Waals surface area contributed by atoms with Gasteiger partial charge in [-0.2, -0.15) is 0 Å². The Balaban J connectivity index is 2.58. The summed E-state index contributed by atoms with van der Waals surface area (Å²) in [7, 11) is 2.86. The van der Waals surface area contributed by atoms with E-state index in [4.69, 9.17) is 25.8 Å². The zero-order valence-electron chi connectivity index (χ0n) is 20.7. The highest BCUT2D eigenvalue weighted by Gasteiger charge is 2.26. The van der Waals surface area contributed by atoms with Crippen LogP contribution in [-0.4, -0.2) is 44.3 Å². The molecule has 8 heteroatoms. The van der Waals surface area contributed by atoms with Gasteiger partial charge in [0.1, 0.15) is 22.9 Å². The van der Waals surface area contributed by atoms with Gasteiger partial charge in [-0.25, -0.2) is 9.18 Å². The molecule has 0 radical (unpaired) electrons. The Morgan fingerprint density at radius 2 is 1.80 bits per heavy atom. The topological polar surface area (TPSA) is 82.1 Å². The number of ketones is 1. The van der Waals surface area contributed by atoms with Gasteiger partial charge >= 0.3 is 5.97 Å². The summed E-state index contributed by atoms with van der Waals surface area (Å²) in [6.45, 7) is 5.56. The van der Waals surface area contributed by atoms with Crippen LogP contribution in [0.15, 0.2) is 42.0 Å². The van der Waals surface area contributed by atoms with Crippen molar-refractivity contribution in [2.24, 2.45) is 11.8 Å². The number of carbonyl (C=O) groups excluding carboxylic acids is 2. The van der Waals surface area contributed by atoms with Gasteiger partial charge in [0.15, 0.2) is 0 Å². The number of methoxy groups -OCH3 is 2. The molecule has 0 heterocycles. The van der Waals surface area contributed by atoms with Gasteiger partial charge in [0, 0.05) is 19.1 Å². The molecule has 1 N–H and O–H groups in total. The second kappa shape index (κ2) is 13.3. The van der Waals surface area contributed by atoms with Gasteiger partial charge in [-0.3, -0.25) is 4.79 Å². The van der Waals surface area contributed by atoms with E-state index in [2.05, 4.69) is 0 Å². The third-order valence-electron chi connectivity index (χ3n) is 5.80. The average molecular weight is 507 g/mol. The molecule has 0 unspecified atom stereocenters. The molecule has 0 bridgehead atoms. The lowest BCUT2D eigenvalue weighted by Gasteiger charge is -2.18. The molecule has 190 valence electrons. The Hall–Kier alpha value is -2.90. The number of allylic oxidation sites excluding steroid dienone is 1. The summed E-state index contributed by atoms with van der Waals surface area (Å²) in [5.41, 5.74) is 0.782. The molecule has 2 aromatic rings. The number of esters is 1. The maximum atomic E-state index is 14.6. The maximum absolute atomic E-state index is 14.6. The Morgan fingerprint density at radius 1 is 1.11 bits per heavy atom. The lowest BCUT2D eigenvalue weighted by molar-refractivity contribution is -0.138. The van der Waals surface area contributed by atoms with Gasteiger partial charge in [-0.1, -0.05) is 43.7 Å². The molecule has 0 aliphatic heterocycles. The number of aliphatic hydroxyl groups is 1. The third kappa shape index (κ3) is 7.05. The van der Waals surface area contributed by atoms with Crippen LogP contribution in [0.2, 0.25) is 5.02 Å². The van der Waals surface area contributed by atoms with Crippen molar-refractivity contribution in [1.82, 2.24) is 0 Å². The summed E-state index contributed by atoms with van der Waals surface area (Å²) in [4.78, 5) is 26.3. The highest BCUT2D eigenvalue weighted by molar-refractivity contribution is 6.30. The molecule has 0 saturated carbocycles. The van der Waals surface area contributed by atoms with Crippen LogP contribution < -0.4 is 9.47 Å². The fourth-order valence-corrected chi connectivity index (χ4v) is 3.81. The first-order valence-corrected chi connectivity index (χ1v) is 11.8. The lowest BCUT2D eigenvalue weighted by atomic mass is 9.90. The number of hydrogen-bond acceptors (Lipinski definition) is 6. The first-order chi connectivity index (χ1) is 16.7. The van der Waals surface area contributed by atoms with E-state index in [0.717, 1.165) is 0 Å². The fourth-order valence-electron chi connectivity index (χ4n) is 3.62. The number of benzene rings is 2. The highest BCUT2D eigenvalue weighted by atomic mass is 35.5. The zero-order chi connectivity index (χ0) is 26.1. The van der Waals surface area contributed by atoms with E-state index >= 15 is 0 Å². The average Bonchev–Trinajstić information content (AvgIpc) is 2.83. The number of rotatable bonds is 12. The van der Waals surface area contributed by atoms with Gasteiger partial charge in [0.25, 0.3) is 0 Å². The predicted octanol–water partition coefficient (Wildman–Crippen LogP) is 5.41. The summed E-state index contributed by atoms with van der Waals surface area (Å²) in [6, 6.07) is 7.74. The smallest absolute Gasteiger partial charge is 0.341 e. The summed E-state index contributed by atoms with van der Waals surface area (Å²) in [5.74, 6) is -1.33. The van der Waals surface area contributed by atoms with E-state index in [9.17, 15) is 19.1 Å². The van der Waals surface area contributed by atoms with Crippen molar-refractivity contribution < 1.29 is 33.3 Å². The first-order valence-electron chi connectivity index (χ1n) is 11.4. The summed E-state index contributed by atoms with van der Waals surface area (Å²) in [5, 5.41) is 9.65. The van der Waals surface area contributed by atoms with Crippen LogP contribution in [0.25, 0.3) is 0 Å². The van der Waals surface area contributed by atoms with E-state index in [1.54, 1.807) is 19.1 Å². The van der Waals surface area contributed by atoms with E-state index in [1.807, 2.05) is 13.8 Å². The van der Waals surface area contributed by atoms with Crippen molar-refractivity contribution in [2.75, 3.05) is 27.4 Å². The molecule has 0 aliphatic carbocycles. The van der Waals surface area contributed by atoms with Gasteiger partial charge in [-0.05, 0) is 48.4 Å². The summed E-state index contributed by atoms with van der Waals surface area (Å²) < 4.78 is 30.6. The van der Waals surface area contributed by atoms with Crippen molar-refractivity contribution in [1.29, 1.82) is 0 Å². The van der Waals surface area contributed by atoms with E-state index in [0.29, 0.717) is 23.3 Å². The minimum Gasteiger partial charge on any atom is -0.496 e. The van der Waals surface area contributed by atoms with Crippen molar-refractivity contribution in [3.05, 3.63) is 69.5 Å². The molecule has 1 atom stereocenters. The predicted molar refractivity (Wildman–Crippen MR) is 133 cm³/mol. The minimum atomic E-state index is -0.766. The molecule has 35 heavy (non-hydrogen) atoms. The minimum absolute atomic E-state index is 0.0117. The fraction of sp³-hybridized carbons (Fsp3) is 0.407. The molecular formula is C27H32ClFO6. The summed E-state index contributed by atoms with van der Waals surface area (Å²) in [6.07, 6.45) is 1.91. The van der Waals surface area contributed by atoms with Gasteiger partial charge in [-0.15, -0.1) is 0 Å². The van der Waals surface area contributed by atoms with Crippen molar-refractivity contribution >= 4 is 23.4 Å². The molecule has 0 aliphatic rings. The van der Waals surface area contributed by atoms with Crippen LogP contribution >= 0.6 is 11.6 Å². The quantitative estimate of drug-likeness (QED) is 0.136. The van der Waals surface area contributed by atoms with Crippen LogP contribution in [0.1, 0.15) is 48.7 Å². The highest BCUT2D eigenvalue weighted by Crippen LogP contribution is 2.33. The molecule has 0 aromatic heterocycles. The van der Waals surface area contributed by atoms with E-state index in [-0.39, 0.29) is 53.4 Å². The van der Waals surface area contributed by atoms with Crippen molar-refractivity contribution in [3.8, 4) is 11.5 Å². The normalized spacial score (nSPS) is 12.4.